The number of allylic oxidation sites excluding steroid dienone is 1. The summed E-state index contributed by atoms with van der Waals surface area (Å²) in [6.07, 6.45) is 0. The van der Waals surface area contributed by atoms with E-state index < -0.39 is 0 Å². The molecule has 18 heavy (non-hydrogen) atoms. The van der Waals surface area contributed by atoms with Gasteiger partial charge in [-0.05, 0) is 24.1 Å². The highest BCUT2D eigenvalue weighted by atomic mass is 14.6. The lowest BCUT2D eigenvalue weighted by molar-refractivity contribution is 1.50. The largest absolute Gasteiger partial charge is 0.398 e. The molecule has 0 aliphatic carbocycles. The number of para-hydroxylation sites is 1. The Labute approximate surface area is 116 Å². The molecule has 0 aromatic heterocycles. The second-order valence-electron chi connectivity index (χ2n) is 2.37. The van der Waals surface area contributed by atoms with Crippen molar-refractivity contribution in [1.29, 1.82) is 0 Å². The number of hydrogen-bond acceptors (Lipinski definition) is 1. The summed E-state index contributed by atoms with van der Waals surface area (Å²) in [6.45, 7) is 21.8. The van der Waals surface area contributed by atoms with Gasteiger partial charge in [0.25, 0.3) is 0 Å². The van der Waals surface area contributed by atoms with Crippen LogP contribution in [0, 0.1) is 0 Å². The topological polar surface area (TPSA) is 26.0 Å². The molecule has 2 N–H and O–H groups in total. The molecule has 0 aliphatic rings. The minimum absolute atomic E-state index is 0.801. The van der Waals surface area contributed by atoms with Crippen molar-refractivity contribution >= 4 is 11.3 Å². The first-order valence-electron chi connectivity index (χ1n) is 7.22. The highest BCUT2D eigenvalue weighted by Crippen LogP contribution is 2.17. The van der Waals surface area contributed by atoms with E-state index in [1.165, 1.54) is 0 Å². The van der Waals surface area contributed by atoms with Crippen LogP contribution in [0.3, 0.4) is 0 Å². The zero-order valence-corrected chi connectivity index (χ0v) is 14.1. The highest BCUT2D eigenvalue weighted by Gasteiger charge is 1.94. The predicted molar refractivity (Wildman–Crippen MR) is 91.0 cm³/mol. The van der Waals surface area contributed by atoms with Crippen LogP contribution in [-0.2, 0) is 0 Å². The van der Waals surface area contributed by atoms with Gasteiger partial charge in [0.1, 0.15) is 0 Å². The van der Waals surface area contributed by atoms with Crippen molar-refractivity contribution in [2.45, 2.75) is 62.3 Å². The van der Waals surface area contributed by atoms with Gasteiger partial charge in [0.15, 0.2) is 0 Å². The van der Waals surface area contributed by atoms with Crippen molar-refractivity contribution in [3.05, 3.63) is 36.4 Å². The maximum absolute atomic E-state index is 5.66. The van der Waals surface area contributed by atoms with Crippen LogP contribution in [0.2, 0.25) is 0 Å². The summed E-state index contributed by atoms with van der Waals surface area (Å²) >= 11 is 0. The summed E-state index contributed by atoms with van der Waals surface area (Å²) in [5.41, 5.74) is 8.52. The lowest BCUT2D eigenvalue weighted by Gasteiger charge is -2.01. The fraction of sp³-hybridized carbons (Fsp3) is 0.529. The second kappa shape index (κ2) is 24.8. The number of hydrogen-bond donors (Lipinski definition) is 1. The summed E-state index contributed by atoms with van der Waals surface area (Å²) in [7, 11) is 0. The quantitative estimate of drug-likeness (QED) is 0.575. The summed E-state index contributed by atoms with van der Waals surface area (Å²) < 4.78 is 0. The first kappa shape index (κ1) is 25.6. The number of nitrogens with two attached hydrogens (primary N) is 1. The highest BCUT2D eigenvalue weighted by molar-refractivity contribution is 5.71. The molecule has 0 heterocycles. The Morgan fingerprint density at radius 2 is 1.17 bits per heavy atom. The average Bonchev–Trinajstić information content (AvgIpc) is 2.48. The van der Waals surface area contributed by atoms with Crippen molar-refractivity contribution < 1.29 is 0 Å². The van der Waals surface area contributed by atoms with Gasteiger partial charge in [0.2, 0.25) is 0 Å². The fourth-order valence-corrected chi connectivity index (χ4v) is 0.886. The molecule has 0 saturated heterocycles. The number of benzene rings is 1. The van der Waals surface area contributed by atoms with Crippen molar-refractivity contribution in [3.8, 4) is 0 Å². The van der Waals surface area contributed by atoms with Crippen LogP contribution in [0.4, 0.5) is 5.69 Å². The van der Waals surface area contributed by atoms with E-state index >= 15 is 0 Å². The van der Waals surface area contributed by atoms with E-state index in [4.69, 9.17) is 5.73 Å². The van der Waals surface area contributed by atoms with Gasteiger partial charge in [-0.3, -0.25) is 0 Å². The van der Waals surface area contributed by atoms with E-state index in [9.17, 15) is 0 Å². The van der Waals surface area contributed by atoms with Crippen molar-refractivity contribution in [2.24, 2.45) is 0 Å². The van der Waals surface area contributed by atoms with Crippen LogP contribution in [0.25, 0.3) is 5.57 Å². The van der Waals surface area contributed by atoms with Gasteiger partial charge in [-0.2, -0.15) is 0 Å². The van der Waals surface area contributed by atoms with Crippen LogP contribution in [-0.4, -0.2) is 0 Å². The molecular formula is C17H35N. The maximum atomic E-state index is 5.66. The number of nitrogen functional groups attached to an aromatic ring is 1. The molecule has 0 fully saturated rings. The lowest BCUT2D eigenvalue weighted by atomic mass is 10.1. The first-order valence-corrected chi connectivity index (χ1v) is 7.22. The fourth-order valence-electron chi connectivity index (χ4n) is 0.886. The first-order chi connectivity index (χ1) is 8.72. The van der Waals surface area contributed by atoms with Gasteiger partial charge >= 0.3 is 0 Å². The van der Waals surface area contributed by atoms with Crippen LogP contribution in [0.5, 0.6) is 0 Å². The Kier molecular flexibility index (Phi) is 35.3. The average molecular weight is 253 g/mol. The van der Waals surface area contributed by atoms with Gasteiger partial charge in [0, 0.05) is 5.69 Å². The van der Waals surface area contributed by atoms with Gasteiger partial charge in [-0.15, -0.1) is 0 Å². The van der Waals surface area contributed by atoms with E-state index in [1.54, 1.807) is 0 Å². The molecule has 0 spiro atoms. The van der Waals surface area contributed by atoms with Gasteiger partial charge in [-0.1, -0.05) is 80.2 Å². The Morgan fingerprint density at radius 1 is 0.833 bits per heavy atom. The maximum Gasteiger partial charge on any atom is 0.0390 e. The van der Waals surface area contributed by atoms with E-state index in [2.05, 4.69) is 6.58 Å². The van der Waals surface area contributed by atoms with Crippen molar-refractivity contribution in [2.75, 3.05) is 5.73 Å². The van der Waals surface area contributed by atoms with Crippen LogP contribution in [0.15, 0.2) is 30.8 Å². The summed E-state index contributed by atoms with van der Waals surface area (Å²) in [5, 5.41) is 0. The standard InChI is InChI=1S/C9H11N.4C2H6/c1-7(2)8-5-3-4-6-9(8)10;4*1-2/h3-6H,1,10H2,2H3;4*1-2H3. The molecule has 1 rings (SSSR count). The van der Waals surface area contributed by atoms with Crippen molar-refractivity contribution in [1.82, 2.24) is 0 Å². The normalized spacial score (nSPS) is 6.50. The molecule has 0 aliphatic heterocycles. The molecule has 0 saturated carbocycles. The third-order valence-electron chi connectivity index (χ3n) is 1.42. The van der Waals surface area contributed by atoms with Crippen LogP contribution < -0.4 is 5.73 Å². The minimum Gasteiger partial charge on any atom is -0.398 e. The Balaban J connectivity index is -0.000000105. The van der Waals surface area contributed by atoms with E-state index in [0.717, 1.165) is 16.8 Å². The molecule has 0 atom stereocenters. The molecule has 1 aromatic carbocycles. The zero-order chi connectivity index (χ0) is 15.6. The molecule has 1 heteroatoms. The number of rotatable bonds is 1. The summed E-state index contributed by atoms with van der Waals surface area (Å²) in [6, 6.07) is 7.73. The number of anilines is 1. The molecule has 0 unspecified atom stereocenters. The van der Waals surface area contributed by atoms with Gasteiger partial charge < -0.3 is 5.73 Å². The lowest BCUT2D eigenvalue weighted by Crippen LogP contribution is -1.89. The second-order valence-corrected chi connectivity index (χ2v) is 2.37. The SMILES string of the molecule is C=C(C)c1ccccc1N.CC.CC.CC.CC. The van der Waals surface area contributed by atoms with Crippen LogP contribution in [0.1, 0.15) is 67.9 Å². The van der Waals surface area contributed by atoms with Crippen LogP contribution >= 0.6 is 0 Å². The molecule has 0 radical (unpaired) electrons. The summed E-state index contributed by atoms with van der Waals surface area (Å²) in [4.78, 5) is 0. The third-order valence-corrected chi connectivity index (χ3v) is 1.42. The minimum atomic E-state index is 0.801. The van der Waals surface area contributed by atoms with Gasteiger partial charge in [-0.25, -0.2) is 0 Å². The molecule has 0 bridgehead atoms. The molecule has 1 aromatic rings. The Morgan fingerprint density at radius 3 is 1.39 bits per heavy atom. The molecule has 0 amide bonds. The Hall–Kier alpha value is -1.24. The van der Waals surface area contributed by atoms with E-state index in [1.807, 2.05) is 86.6 Å². The van der Waals surface area contributed by atoms with Gasteiger partial charge in [0.05, 0.1) is 0 Å². The molecule has 1 nitrogen and oxygen atoms in total. The summed E-state index contributed by atoms with van der Waals surface area (Å²) in [5.74, 6) is 0. The molecular weight excluding hydrogens is 218 g/mol. The third kappa shape index (κ3) is 14.8. The molecule has 108 valence electrons. The Bertz CT molecular complexity index is 252. The van der Waals surface area contributed by atoms with Crippen molar-refractivity contribution in [3.63, 3.8) is 0 Å². The predicted octanol–water partition coefficient (Wildman–Crippen LogP) is 6.41. The monoisotopic (exact) mass is 253 g/mol. The smallest absolute Gasteiger partial charge is 0.0390 e. The van der Waals surface area contributed by atoms with E-state index in [0.29, 0.717) is 0 Å². The zero-order valence-electron chi connectivity index (χ0n) is 14.1. The van der Waals surface area contributed by atoms with E-state index in [-0.39, 0.29) is 0 Å².